The Morgan fingerprint density at radius 1 is 1.03 bits per heavy atom. The number of benzene rings is 2. The zero-order chi connectivity index (χ0) is 22.6. The Labute approximate surface area is 199 Å². The number of halogens is 2. The van der Waals surface area contributed by atoms with Gasteiger partial charge in [-0.3, -0.25) is 0 Å². The lowest BCUT2D eigenvalue weighted by Crippen LogP contribution is -2.48. The molecule has 5 heteroatoms. The monoisotopic (exact) mass is 470 g/mol. The van der Waals surface area contributed by atoms with Crippen LogP contribution in [0.3, 0.4) is 0 Å². The molecule has 4 bridgehead atoms. The molecule has 0 heterocycles. The largest absolute Gasteiger partial charge is 0.508 e. The van der Waals surface area contributed by atoms with Crippen molar-refractivity contribution in [3.05, 3.63) is 57.1 Å². The lowest BCUT2D eigenvalue weighted by molar-refractivity contribution is -0.132. The zero-order valence-corrected chi connectivity index (χ0v) is 19.7. The van der Waals surface area contributed by atoms with Crippen molar-refractivity contribution >= 4 is 35.2 Å². The van der Waals surface area contributed by atoms with Gasteiger partial charge in [-0.2, -0.15) is 0 Å². The summed E-state index contributed by atoms with van der Waals surface area (Å²) in [4.78, 5) is 11.4. The molecule has 4 fully saturated rings. The van der Waals surface area contributed by atoms with Gasteiger partial charge < -0.3 is 10.2 Å². The highest BCUT2D eigenvalue weighted by molar-refractivity contribution is 6.39. The minimum atomic E-state index is -0.942. The number of aromatic hydroxyl groups is 1. The number of phenolic OH excluding ortho intramolecular Hbond substituents is 1. The van der Waals surface area contributed by atoms with Gasteiger partial charge in [-0.25, -0.2) is 4.79 Å². The van der Waals surface area contributed by atoms with Crippen molar-refractivity contribution in [2.24, 2.45) is 17.8 Å². The summed E-state index contributed by atoms with van der Waals surface area (Å²) in [5.74, 6) is 1.78. The molecule has 2 aromatic carbocycles. The van der Waals surface area contributed by atoms with Gasteiger partial charge in [0, 0.05) is 16.7 Å². The normalized spacial score (nSPS) is 28.8. The first-order valence-electron chi connectivity index (χ1n) is 11.5. The summed E-state index contributed by atoms with van der Waals surface area (Å²) in [5, 5.41) is 21.2. The highest BCUT2D eigenvalue weighted by Crippen LogP contribution is 2.62. The van der Waals surface area contributed by atoms with Crippen molar-refractivity contribution in [3.63, 3.8) is 0 Å². The van der Waals surface area contributed by atoms with E-state index in [4.69, 9.17) is 23.2 Å². The quantitative estimate of drug-likeness (QED) is 0.439. The molecule has 3 nitrogen and oxygen atoms in total. The van der Waals surface area contributed by atoms with Gasteiger partial charge in [0.05, 0.1) is 10.0 Å². The van der Waals surface area contributed by atoms with E-state index in [1.807, 2.05) is 6.07 Å². The molecule has 2 aromatic rings. The Balaban J connectivity index is 1.55. The van der Waals surface area contributed by atoms with E-state index < -0.39 is 5.97 Å². The highest BCUT2D eigenvalue weighted by atomic mass is 35.5. The van der Waals surface area contributed by atoms with Crippen LogP contribution in [0.15, 0.2) is 35.9 Å². The second-order valence-electron chi connectivity index (χ2n) is 10.1. The van der Waals surface area contributed by atoms with Crippen LogP contribution in [-0.2, 0) is 10.2 Å². The molecule has 0 atom stereocenters. The molecule has 0 saturated heterocycles. The highest BCUT2D eigenvalue weighted by Gasteiger charge is 2.52. The SMILES string of the molecule is CCC(=Cc1cc(Cl)c(-c2ccc(O)c(C34CC5CC(CC(C5)C3)C4)c2)c(Cl)c1)C(=O)O. The lowest BCUT2D eigenvalue weighted by atomic mass is 9.48. The van der Waals surface area contributed by atoms with Crippen LogP contribution in [-0.4, -0.2) is 16.2 Å². The van der Waals surface area contributed by atoms with E-state index in [2.05, 4.69) is 6.07 Å². The van der Waals surface area contributed by atoms with Gasteiger partial charge >= 0.3 is 5.97 Å². The average Bonchev–Trinajstić information content (AvgIpc) is 2.71. The van der Waals surface area contributed by atoms with Crippen LogP contribution in [0.4, 0.5) is 0 Å². The molecule has 0 aliphatic heterocycles. The van der Waals surface area contributed by atoms with E-state index in [1.165, 1.54) is 19.3 Å². The van der Waals surface area contributed by atoms with E-state index in [-0.39, 0.29) is 5.41 Å². The Bertz CT molecular complexity index is 1060. The number of carboxylic acid groups (broad SMARTS) is 1. The molecule has 0 spiro atoms. The van der Waals surface area contributed by atoms with Crippen LogP contribution < -0.4 is 0 Å². The molecular formula is C27H28Cl2O3. The molecule has 6 rings (SSSR count). The van der Waals surface area contributed by atoms with Gasteiger partial charge in [0.2, 0.25) is 0 Å². The van der Waals surface area contributed by atoms with Gasteiger partial charge in [0.1, 0.15) is 5.75 Å². The van der Waals surface area contributed by atoms with Gasteiger partial charge in [-0.1, -0.05) is 36.2 Å². The summed E-state index contributed by atoms with van der Waals surface area (Å²) in [5.41, 5.74) is 3.71. The molecule has 168 valence electrons. The fraction of sp³-hybridized carbons (Fsp3) is 0.444. The van der Waals surface area contributed by atoms with Gasteiger partial charge in [-0.05, 0) is 110 Å². The van der Waals surface area contributed by atoms with Crippen molar-refractivity contribution in [2.75, 3.05) is 0 Å². The first-order valence-corrected chi connectivity index (χ1v) is 12.3. The first-order chi connectivity index (χ1) is 15.3. The molecule has 4 saturated carbocycles. The van der Waals surface area contributed by atoms with E-state index in [1.54, 1.807) is 31.2 Å². The molecule has 0 amide bonds. The first kappa shape index (κ1) is 21.9. The predicted molar refractivity (Wildman–Crippen MR) is 129 cm³/mol. The summed E-state index contributed by atoms with van der Waals surface area (Å²) in [6, 6.07) is 9.27. The molecule has 32 heavy (non-hydrogen) atoms. The zero-order valence-electron chi connectivity index (χ0n) is 18.2. The van der Waals surface area contributed by atoms with E-state index in [0.29, 0.717) is 33.4 Å². The second kappa shape index (κ2) is 8.11. The van der Waals surface area contributed by atoms with Crippen LogP contribution in [0, 0.1) is 17.8 Å². The minimum Gasteiger partial charge on any atom is -0.508 e. The Morgan fingerprint density at radius 2 is 1.59 bits per heavy atom. The molecule has 4 aliphatic carbocycles. The number of carboxylic acids is 1. The van der Waals surface area contributed by atoms with Crippen molar-refractivity contribution in [3.8, 4) is 16.9 Å². The van der Waals surface area contributed by atoms with Crippen molar-refractivity contribution in [1.82, 2.24) is 0 Å². The second-order valence-corrected chi connectivity index (χ2v) is 10.9. The summed E-state index contributed by atoms with van der Waals surface area (Å²) in [6.45, 7) is 1.81. The lowest BCUT2D eigenvalue weighted by Gasteiger charge is -2.57. The van der Waals surface area contributed by atoms with Crippen molar-refractivity contribution < 1.29 is 15.0 Å². The third-order valence-electron chi connectivity index (χ3n) is 7.96. The van der Waals surface area contributed by atoms with Crippen LogP contribution in [0.1, 0.15) is 63.0 Å². The van der Waals surface area contributed by atoms with Crippen molar-refractivity contribution in [1.29, 1.82) is 0 Å². The minimum absolute atomic E-state index is 0.0635. The Kier molecular flexibility index (Phi) is 5.54. The summed E-state index contributed by atoms with van der Waals surface area (Å²) in [6.07, 6.45) is 9.57. The maximum atomic E-state index is 11.4. The van der Waals surface area contributed by atoms with E-state index in [9.17, 15) is 15.0 Å². The summed E-state index contributed by atoms with van der Waals surface area (Å²) in [7, 11) is 0. The van der Waals surface area contributed by atoms with Gasteiger partial charge in [0.25, 0.3) is 0 Å². The number of carbonyl (C=O) groups is 1. The molecule has 0 aromatic heterocycles. The van der Waals surface area contributed by atoms with E-state index >= 15 is 0 Å². The standard InChI is InChI=1S/C27H28Cl2O3/c1-2-19(26(31)32)8-15-9-22(28)25(23(29)10-15)20-3-4-24(30)21(11-20)27-12-16-5-17(13-27)7-18(6-16)14-27/h3-4,8-11,16-18,30H,2,5-7,12-14H2,1H3,(H,31,32). The topological polar surface area (TPSA) is 57.5 Å². The maximum Gasteiger partial charge on any atom is 0.331 e. The average molecular weight is 471 g/mol. The number of aliphatic carboxylic acids is 1. The van der Waals surface area contributed by atoms with Crippen molar-refractivity contribution in [2.45, 2.75) is 57.3 Å². The third kappa shape index (κ3) is 3.74. The van der Waals surface area contributed by atoms with Crippen LogP contribution in [0.25, 0.3) is 17.2 Å². The van der Waals surface area contributed by atoms with Gasteiger partial charge in [0.15, 0.2) is 0 Å². The number of hydrogen-bond acceptors (Lipinski definition) is 2. The predicted octanol–water partition coefficient (Wildman–Crippen LogP) is 7.71. The van der Waals surface area contributed by atoms with E-state index in [0.717, 1.165) is 53.7 Å². The fourth-order valence-corrected chi connectivity index (χ4v) is 7.75. The third-order valence-corrected chi connectivity index (χ3v) is 8.55. The molecular weight excluding hydrogens is 443 g/mol. The smallest absolute Gasteiger partial charge is 0.331 e. The number of phenols is 1. The summed E-state index contributed by atoms with van der Waals surface area (Å²) < 4.78 is 0. The number of rotatable bonds is 5. The molecule has 0 unspecified atom stereocenters. The number of hydrogen-bond donors (Lipinski definition) is 2. The summed E-state index contributed by atoms with van der Waals surface area (Å²) >= 11 is 13.3. The fourth-order valence-electron chi connectivity index (χ4n) is 7.02. The molecule has 2 N–H and O–H groups in total. The molecule has 0 radical (unpaired) electrons. The van der Waals surface area contributed by atoms with Crippen LogP contribution in [0.5, 0.6) is 5.75 Å². The van der Waals surface area contributed by atoms with Gasteiger partial charge in [-0.15, -0.1) is 0 Å². The molecule has 4 aliphatic rings. The Morgan fingerprint density at radius 3 is 2.09 bits per heavy atom. The maximum absolute atomic E-state index is 11.4. The Hall–Kier alpha value is -1.97. The van der Waals surface area contributed by atoms with Crippen LogP contribution in [0.2, 0.25) is 10.0 Å². The van der Waals surface area contributed by atoms with Crippen LogP contribution >= 0.6 is 23.2 Å².